The van der Waals surface area contributed by atoms with E-state index in [-0.39, 0.29) is 5.78 Å². The van der Waals surface area contributed by atoms with Gasteiger partial charge in [0, 0.05) is 17.5 Å². The Kier molecular flexibility index (Phi) is 6.03. The number of ketones is 1. The van der Waals surface area contributed by atoms with Crippen LogP contribution in [0.25, 0.3) is 11.1 Å². The number of benzene rings is 2. The lowest BCUT2D eigenvalue weighted by Gasteiger charge is -2.30. The summed E-state index contributed by atoms with van der Waals surface area (Å²) in [6.45, 7) is 1.85. The number of nitrogens with zero attached hydrogens (tertiary/aromatic N) is 1. The van der Waals surface area contributed by atoms with Gasteiger partial charge in [0.05, 0.1) is 26.2 Å². The predicted octanol–water partition coefficient (Wildman–Crippen LogP) is 4.66. The summed E-state index contributed by atoms with van der Waals surface area (Å²) in [5.41, 5.74) is 2.02. The lowest BCUT2D eigenvalue weighted by atomic mass is 9.86. The van der Waals surface area contributed by atoms with Crippen LogP contribution in [0.5, 0.6) is 17.2 Å². The van der Waals surface area contributed by atoms with E-state index in [1.165, 1.54) is 14.2 Å². The highest BCUT2D eigenvalue weighted by atomic mass is 16.5. The van der Waals surface area contributed by atoms with Gasteiger partial charge in [0.15, 0.2) is 17.3 Å². The minimum Gasteiger partial charge on any atom is -0.493 e. The molecular formula is C26H27NO6. The summed E-state index contributed by atoms with van der Waals surface area (Å²) in [6, 6.07) is 11.4. The normalized spacial score (nSPS) is 17.5. The molecule has 0 radical (unpaired) electrons. The second-order valence-electron chi connectivity index (χ2n) is 8.58. The van der Waals surface area contributed by atoms with E-state index < -0.39 is 23.4 Å². The number of hydrogen-bond acceptors (Lipinski definition) is 6. The van der Waals surface area contributed by atoms with Gasteiger partial charge in [-0.25, -0.2) is 0 Å². The van der Waals surface area contributed by atoms with Gasteiger partial charge in [0.25, 0.3) is 0 Å². The van der Waals surface area contributed by atoms with Gasteiger partial charge in [-0.05, 0) is 48.9 Å². The van der Waals surface area contributed by atoms with Crippen LogP contribution < -0.4 is 14.2 Å². The van der Waals surface area contributed by atoms with Gasteiger partial charge in [-0.15, -0.1) is 0 Å². The van der Waals surface area contributed by atoms with Crippen molar-refractivity contribution in [2.45, 2.75) is 45.1 Å². The van der Waals surface area contributed by atoms with Crippen LogP contribution in [0.4, 0.5) is 0 Å². The average molecular weight is 450 g/mol. The van der Waals surface area contributed by atoms with Gasteiger partial charge in [0.2, 0.25) is 5.75 Å². The van der Waals surface area contributed by atoms with Gasteiger partial charge >= 0.3 is 5.97 Å². The molecule has 0 spiro atoms. The van der Waals surface area contributed by atoms with Crippen molar-refractivity contribution in [2.75, 3.05) is 14.2 Å². The van der Waals surface area contributed by atoms with Crippen LogP contribution in [0.3, 0.4) is 0 Å². The summed E-state index contributed by atoms with van der Waals surface area (Å²) in [5, 5.41) is 19.8. The highest BCUT2D eigenvalue weighted by Gasteiger charge is 2.60. The second-order valence-corrected chi connectivity index (χ2v) is 8.58. The number of methoxy groups -OCH3 is 2. The molecule has 0 saturated heterocycles. The molecule has 172 valence electrons. The number of carbonyl (C=O) groups is 2. The summed E-state index contributed by atoms with van der Waals surface area (Å²) in [7, 11) is 3.01. The largest absolute Gasteiger partial charge is 0.493 e. The SMILES string of the molecule is CCC(C#N)C(Oc1c(-c2cccc3c2CCC3=O)ccc(OC)c1OC)C1(C(=O)O)CC1. The first-order chi connectivity index (χ1) is 15.9. The van der Waals surface area contributed by atoms with Crippen LogP contribution in [-0.2, 0) is 11.2 Å². The fourth-order valence-electron chi connectivity index (χ4n) is 4.81. The molecule has 1 N–H and O–H groups in total. The zero-order valence-electron chi connectivity index (χ0n) is 19.0. The van der Waals surface area contributed by atoms with E-state index in [0.29, 0.717) is 60.5 Å². The van der Waals surface area contributed by atoms with E-state index >= 15 is 0 Å². The lowest BCUT2D eigenvalue weighted by Crippen LogP contribution is -2.40. The van der Waals surface area contributed by atoms with Crippen LogP contribution in [-0.4, -0.2) is 37.2 Å². The molecule has 1 saturated carbocycles. The molecular weight excluding hydrogens is 422 g/mol. The van der Waals surface area contributed by atoms with Crippen molar-refractivity contribution in [3.8, 4) is 34.4 Å². The molecule has 7 heteroatoms. The predicted molar refractivity (Wildman–Crippen MR) is 121 cm³/mol. The molecule has 0 aromatic heterocycles. The molecule has 2 atom stereocenters. The van der Waals surface area contributed by atoms with Crippen molar-refractivity contribution in [3.63, 3.8) is 0 Å². The van der Waals surface area contributed by atoms with Crippen molar-refractivity contribution in [2.24, 2.45) is 11.3 Å². The van der Waals surface area contributed by atoms with Crippen LogP contribution >= 0.6 is 0 Å². The maximum Gasteiger partial charge on any atom is 0.313 e. The Morgan fingerprint density at radius 2 is 1.82 bits per heavy atom. The minimum atomic E-state index is -1.11. The third-order valence-corrected chi connectivity index (χ3v) is 6.84. The van der Waals surface area contributed by atoms with Gasteiger partial charge in [-0.1, -0.05) is 25.1 Å². The van der Waals surface area contributed by atoms with E-state index in [1.807, 2.05) is 31.2 Å². The minimum absolute atomic E-state index is 0.103. The average Bonchev–Trinajstić information content (AvgIpc) is 3.56. The molecule has 4 rings (SSSR count). The maximum atomic E-state index is 12.3. The van der Waals surface area contributed by atoms with E-state index in [9.17, 15) is 20.0 Å². The van der Waals surface area contributed by atoms with E-state index in [2.05, 4.69) is 6.07 Å². The Morgan fingerprint density at radius 1 is 1.09 bits per heavy atom. The van der Waals surface area contributed by atoms with Crippen molar-refractivity contribution >= 4 is 11.8 Å². The molecule has 1 fully saturated rings. The molecule has 2 unspecified atom stereocenters. The molecule has 0 aliphatic heterocycles. The quantitative estimate of drug-likeness (QED) is 0.593. The summed E-state index contributed by atoms with van der Waals surface area (Å²) < 4.78 is 17.6. The van der Waals surface area contributed by atoms with Crippen LogP contribution in [0.2, 0.25) is 0 Å². The first-order valence-electron chi connectivity index (χ1n) is 11.1. The standard InChI is InChI=1S/C26H27NO6/c1-4-15(14-27)24(26(12-13-26)25(29)30)33-22-19(9-11-21(31-2)23(22)32-3)16-6-5-7-18-17(16)8-10-20(18)28/h5-7,9,11,15,24H,4,8,10,12-13H2,1-3H3,(H,29,30). The molecule has 2 aromatic carbocycles. The topological polar surface area (TPSA) is 106 Å². The Bertz CT molecular complexity index is 1140. The number of aliphatic carboxylic acids is 1. The number of carboxylic acids is 1. The molecule has 0 heterocycles. The van der Waals surface area contributed by atoms with Gasteiger partial charge in [-0.3, -0.25) is 9.59 Å². The summed E-state index contributed by atoms with van der Waals surface area (Å²) in [4.78, 5) is 24.5. The molecule has 0 bridgehead atoms. The summed E-state index contributed by atoms with van der Waals surface area (Å²) in [6.07, 6.45) is 1.56. The number of rotatable bonds is 9. The van der Waals surface area contributed by atoms with E-state index in [1.54, 1.807) is 6.07 Å². The van der Waals surface area contributed by atoms with Gasteiger partial charge in [-0.2, -0.15) is 5.26 Å². The smallest absolute Gasteiger partial charge is 0.313 e. The Morgan fingerprint density at radius 3 is 2.39 bits per heavy atom. The first kappa shape index (κ1) is 22.7. The molecule has 2 aliphatic rings. The number of carboxylic acid groups (broad SMARTS) is 1. The molecule has 33 heavy (non-hydrogen) atoms. The zero-order chi connectivity index (χ0) is 23.8. The summed E-state index contributed by atoms with van der Waals surface area (Å²) in [5.74, 6) is -0.382. The number of ether oxygens (including phenoxy) is 3. The fourth-order valence-corrected chi connectivity index (χ4v) is 4.81. The number of Topliss-reactive ketones (excluding diaryl/α,β-unsaturated/α-hetero) is 1. The number of carbonyl (C=O) groups excluding carboxylic acids is 1. The van der Waals surface area contributed by atoms with E-state index in [4.69, 9.17) is 14.2 Å². The van der Waals surface area contributed by atoms with E-state index in [0.717, 1.165) is 11.1 Å². The molecule has 7 nitrogen and oxygen atoms in total. The zero-order valence-corrected chi connectivity index (χ0v) is 19.0. The van der Waals surface area contributed by atoms with Crippen LogP contribution in [0.1, 0.15) is 48.5 Å². The molecule has 2 aliphatic carbocycles. The maximum absolute atomic E-state index is 12.3. The van der Waals surface area contributed by atoms with Crippen molar-refractivity contribution in [1.29, 1.82) is 5.26 Å². The Balaban J connectivity index is 1.91. The first-order valence-corrected chi connectivity index (χ1v) is 11.1. The third-order valence-electron chi connectivity index (χ3n) is 6.84. The van der Waals surface area contributed by atoms with Crippen molar-refractivity contribution < 1.29 is 28.9 Å². The van der Waals surface area contributed by atoms with Crippen molar-refractivity contribution in [1.82, 2.24) is 0 Å². The third kappa shape index (κ3) is 3.70. The van der Waals surface area contributed by atoms with Gasteiger partial charge < -0.3 is 19.3 Å². The fraction of sp³-hybridized carbons (Fsp3) is 0.423. The Hall–Kier alpha value is -3.53. The highest BCUT2D eigenvalue weighted by molar-refractivity contribution is 6.02. The summed E-state index contributed by atoms with van der Waals surface area (Å²) >= 11 is 0. The van der Waals surface area contributed by atoms with Crippen molar-refractivity contribution in [3.05, 3.63) is 41.5 Å². The molecule has 2 aromatic rings. The highest BCUT2D eigenvalue weighted by Crippen LogP contribution is 2.55. The number of hydrogen-bond donors (Lipinski definition) is 1. The van der Waals surface area contributed by atoms with Gasteiger partial charge in [0.1, 0.15) is 11.5 Å². The van der Waals surface area contributed by atoms with Crippen LogP contribution in [0, 0.1) is 22.7 Å². The monoisotopic (exact) mass is 449 g/mol. The van der Waals surface area contributed by atoms with Crippen LogP contribution in [0.15, 0.2) is 30.3 Å². The Labute approximate surface area is 192 Å². The number of fused-ring (bicyclic) bond motifs is 1. The second kappa shape index (κ2) is 8.78. The lowest BCUT2D eigenvalue weighted by molar-refractivity contribution is -0.148. The number of nitriles is 1. The molecule has 0 amide bonds.